The van der Waals surface area contributed by atoms with Crippen molar-refractivity contribution in [2.24, 2.45) is 11.7 Å². The van der Waals surface area contributed by atoms with Crippen LogP contribution in [0.25, 0.3) is 0 Å². The Hall–Kier alpha value is -4.48. The number of nitrogens with one attached hydrogen (secondary N) is 2. The molecular weight excluding hydrogens is 1090 g/mol. The fraction of sp³-hybridized carbons (Fsp3) is 0.400. The zero-order valence-electron chi connectivity index (χ0n) is 37.0. The van der Waals surface area contributed by atoms with Gasteiger partial charge < -0.3 is 29.8 Å². The molecule has 0 aliphatic carbocycles. The molecule has 2 heterocycles. The Morgan fingerprint density at radius 2 is 0.943 bits per heavy atom. The number of nitrogens with two attached hydrogens (primary N) is 1. The molecule has 2 amide bonds. The fourth-order valence-electron chi connectivity index (χ4n) is 6.04. The van der Waals surface area contributed by atoms with Crippen LogP contribution in [0.1, 0.15) is 38.5 Å². The molecule has 2 aliphatic rings. The molecule has 0 radical (unpaired) electrons. The number of benzene rings is 4. The summed E-state index contributed by atoms with van der Waals surface area (Å²) >= 11 is 25.5. The maximum absolute atomic E-state index is 13.4. The third kappa shape index (κ3) is 23.6. The second kappa shape index (κ2) is 31.1. The smallest absolute Gasteiger partial charge is 0.490 e. The highest BCUT2D eigenvalue weighted by atomic mass is 79.9. The van der Waals surface area contributed by atoms with Crippen LogP contribution in [0, 0.1) is 29.2 Å². The van der Waals surface area contributed by atoms with Crippen LogP contribution in [0.5, 0.6) is 23.0 Å². The van der Waals surface area contributed by atoms with E-state index >= 15 is 0 Å². The van der Waals surface area contributed by atoms with Gasteiger partial charge in [0.05, 0.1) is 33.3 Å². The first-order valence-electron chi connectivity index (χ1n) is 21.1. The molecule has 0 aromatic heterocycles. The van der Waals surface area contributed by atoms with Gasteiger partial charge in [-0.05, 0) is 93.0 Å². The Bertz CT molecular complexity index is 2280. The number of piperidine rings is 2. The zero-order chi connectivity index (χ0) is 51.8. The number of hydrogen-bond acceptors (Lipinski definition) is 10. The number of carboxylic acids is 1. The molecule has 0 atom stereocenters. The topological polar surface area (TPSA) is 165 Å². The van der Waals surface area contributed by atoms with Gasteiger partial charge in [0.15, 0.2) is 13.2 Å². The average Bonchev–Trinajstić information content (AvgIpc) is 3.31. The van der Waals surface area contributed by atoms with Crippen molar-refractivity contribution in [2.45, 2.75) is 50.7 Å². The van der Waals surface area contributed by atoms with Crippen LogP contribution in [0.2, 0.25) is 20.1 Å². The minimum atomic E-state index is -5.08. The van der Waals surface area contributed by atoms with E-state index < -0.39 is 35.4 Å². The number of hydrogen-bond donors (Lipinski definition) is 4. The van der Waals surface area contributed by atoms with E-state index in [-0.39, 0.29) is 62.7 Å². The highest BCUT2D eigenvalue weighted by Gasteiger charge is 2.38. The number of hydrazine groups is 2. The zero-order valence-corrected chi connectivity index (χ0v) is 41.6. The minimum absolute atomic E-state index is 0.00473. The van der Waals surface area contributed by atoms with Crippen molar-refractivity contribution in [2.75, 3.05) is 57.9 Å². The summed E-state index contributed by atoms with van der Waals surface area (Å²) in [6.07, 6.45) is 0.404. The molecule has 4 aromatic rings. The number of amides is 2. The van der Waals surface area contributed by atoms with E-state index in [1.165, 1.54) is 48.5 Å². The molecule has 6 rings (SSSR count). The van der Waals surface area contributed by atoms with Gasteiger partial charge in [-0.3, -0.25) is 20.4 Å². The second-order valence-corrected chi connectivity index (χ2v) is 17.5. The van der Waals surface area contributed by atoms with Gasteiger partial charge in [-0.15, -0.1) is 0 Å². The third-order valence-electron chi connectivity index (χ3n) is 9.64. The molecule has 386 valence electrons. The number of nitrogens with zero attached hydrogens (tertiary/aromatic N) is 2. The molecular formula is C45H49BrCl4F7N5O8. The highest BCUT2D eigenvalue weighted by Crippen LogP contribution is 2.25. The Kier molecular flexibility index (Phi) is 26.6. The summed E-state index contributed by atoms with van der Waals surface area (Å²) < 4.78 is 106. The number of carbonyl (C=O) groups excluding carboxylic acids is 2. The molecule has 0 unspecified atom stereocenters. The summed E-state index contributed by atoms with van der Waals surface area (Å²) in [5.41, 5.74) is 11.3. The Morgan fingerprint density at radius 3 is 1.27 bits per heavy atom. The molecule has 2 fully saturated rings. The molecule has 0 saturated carbocycles. The first-order valence-corrected chi connectivity index (χ1v) is 23.8. The standard InChI is InChI=1S/C22H24Cl2F2N2O3.C13H17ClFN3O2.C8H7BrClFO.C2HF3O2/c23-18-5-3-16(12-20(18)25)30-11-1-2-15-7-9-28(10-8-15)27-22(29)14-31-17-4-6-19(24)21(26)13-17;14-11-2-1-10(7-12(11)15)20-8-13(19)17-18-5-3-9(16)4-6-18;9-3-4-12-6-1-2-7(10)8(11)5-6;3-2(4,5)1(6)7/h3-6,12-13,15H,1-2,7-11,14H2,(H,27,29);1-2,7,9H,3-6,8,16H2,(H,17,19);1-2,5H,3-4H2;(H,6,7). The van der Waals surface area contributed by atoms with Gasteiger partial charge in [0.1, 0.15) is 46.3 Å². The van der Waals surface area contributed by atoms with Crippen LogP contribution in [-0.2, 0) is 14.4 Å². The highest BCUT2D eigenvalue weighted by molar-refractivity contribution is 9.09. The number of aliphatic carboxylic acids is 1. The quantitative estimate of drug-likeness (QED) is 0.0479. The monoisotopic (exact) mass is 1140 g/mol. The minimum Gasteiger partial charge on any atom is -0.493 e. The van der Waals surface area contributed by atoms with E-state index in [2.05, 4.69) is 26.8 Å². The Balaban J connectivity index is 0.000000282. The third-order valence-corrected chi connectivity index (χ3v) is 11.2. The molecule has 0 bridgehead atoms. The normalized spacial score (nSPS) is 14.3. The van der Waals surface area contributed by atoms with Gasteiger partial charge in [-0.25, -0.2) is 32.4 Å². The molecule has 13 nitrogen and oxygen atoms in total. The summed E-state index contributed by atoms with van der Waals surface area (Å²) in [6, 6.07) is 17.1. The van der Waals surface area contributed by atoms with E-state index in [1.54, 1.807) is 12.1 Å². The number of ether oxygens (including phenoxy) is 4. The van der Waals surface area contributed by atoms with Gasteiger partial charge in [-0.1, -0.05) is 62.3 Å². The molecule has 4 aromatic carbocycles. The van der Waals surface area contributed by atoms with Gasteiger partial charge in [-0.2, -0.15) is 13.2 Å². The number of rotatable bonds is 16. The molecule has 25 heteroatoms. The van der Waals surface area contributed by atoms with Crippen molar-refractivity contribution < 1.29 is 69.2 Å². The number of alkyl halides is 4. The summed E-state index contributed by atoms with van der Waals surface area (Å²) in [5, 5.41) is 11.8. The van der Waals surface area contributed by atoms with Crippen LogP contribution >= 0.6 is 62.3 Å². The number of carboxylic acid groups (broad SMARTS) is 1. The van der Waals surface area contributed by atoms with Crippen molar-refractivity contribution >= 4 is 80.1 Å². The van der Waals surface area contributed by atoms with Crippen LogP contribution in [-0.4, -0.2) is 103 Å². The first-order chi connectivity index (χ1) is 33.1. The Labute approximate surface area is 427 Å². The van der Waals surface area contributed by atoms with E-state index in [0.717, 1.165) is 82.2 Å². The first kappa shape index (κ1) is 59.8. The maximum atomic E-state index is 13.4. The van der Waals surface area contributed by atoms with Crippen molar-refractivity contribution in [1.29, 1.82) is 0 Å². The summed E-state index contributed by atoms with van der Waals surface area (Å²) in [7, 11) is 0. The number of halogens is 12. The van der Waals surface area contributed by atoms with Gasteiger partial charge in [0.2, 0.25) is 0 Å². The lowest BCUT2D eigenvalue weighted by atomic mass is 9.93. The summed E-state index contributed by atoms with van der Waals surface area (Å²) in [6.45, 7) is 3.59. The lowest BCUT2D eigenvalue weighted by molar-refractivity contribution is -0.192. The van der Waals surface area contributed by atoms with Crippen molar-refractivity contribution in [1.82, 2.24) is 20.9 Å². The van der Waals surface area contributed by atoms with Crippen LogP contribution in [0.15, 0.2) is 72.8 Å². The van der Waals surface area contributed by atoms with Crippen LogP contribution in [0.3, 0.4) is 0 Å². The predicted octanol–water partition coefficient (Wildman–Crippen LogP) is 10.5. The summed E-state index contributed by atoms with van der Waals surface area (Å²) in [5.74, 6) is -3.40. The van der Waals surface area contributed by atoms with E-state index in [9.17, 15) is 40.3 Å². The lowest BCUT2D eigenvalue weighted by Crippen LogP contribution is -2.50. The Morgan fingerprint density at radius 1 is 0.614 bits per heavy atom. The van der Waals surface area contributed by atoms with Crippen molar-refractivity contribution in [3.63, 3.8) is 0 Å². The molecule has 2 saturated heterocycles. The van der Waals surface area contributed by atoms with Crippen LogP contribution in [0.4, 0.5) is 30.7 Å². The molecule has 5 N–H and O–H groups in total. The predicted molar refractivity (Wildman–Crippen MR) is 254 cm³/mol. The lowest BCUT2D eigenvalue weighted by Gasteiger charge is -2.32. The van der Waals surface area contributed by atoms with E-state index in [0.29, 0.717) is 30.6 Å². The summed E-state index contributed by atoms with van der Waals surface area (Å²) in [4.78, 5) is 32.6. The second-order valence-electron chi connectivity index (χ2n) is 15.0. The van der Waals surface area contributed by atoms with Crippen molar-refractivity contribution in [3.8, 4) is 23.0 Å². The van der Waals surface area contributed by atoms with Gasteiger partial charge >= 0.3 is 12.1 Å². The molecule has 2 aliphatic heterocycles. The number of carbonyl (C=O) groups is 3. The average molecular weight is 1140 g/mol. The van der Waals surface area contributed by atoms with Crippen LogP contribution < -0.4 is 35.5 Å². The largest absolute Gasteiger partial charge is 0.493 e. The van der Waals surface area contributed by atoms with Gasteiger partial charge in [0, 0.05) is 61.8 Å². The van der Waals surface area contributed by atoms with E-state index in [1.807, 2.05) is 10.0 Å². The van der Waals surface area contributed by atoms with Crippen molar-refractivity contribution in [3.05, 3.63) is 116 Å². The maximum Gasteiger partial charge on any atom is 0.490 e. The molecule has 0 spiro atoms. The SMILES string of the molecule is Fc1cc(OCCBr)ccc1Cl.NC1CCN(NC(=O)COc2ccc(Cl)c(F)c2)CC1.O=C(COc1ccc(Cl)c(F)c1)NN1CCC(CCCOc2ccc(Cl)c(F)c2)CC1.O=C(O)C(F)(F)F. The fourth-order valence-corrected chi connectivity index (χ4v) is 6.68. The van der Waals surface area contributed by atoms with E-state index in [4.69, 9.17) is 81.0 Å². The van der Waals surface area contributed by atoms with Gasteiger partial charge in [0.25, 0.3) is 11.8 Å². The molecule has 70 heavy (non-hydrogen) atoms.